The Morgan fingerprint density at radius 3 is 2.48 bits per heavy atom. The monoisotopic (exact) mass is 369 g/mol. The van der Waals surface area contributed by atoms with Crippen molar-refractivity contribution >= 4 is 17.8 Å². The molecular weight excluding hydrogens is 346 g/mol. The van der Waals surface area contributed by atoms with Crippen LogP contribution in [0.5, 0.6) is 5.75 Å². The lowest BCUT2D eigenvalue weighted by molar-refractivity contribution is 0.122. The van der Waals surface area contributed by atoms with Crippen molar-refractivity contribution in [3.63, 3.8) is 0 Å². The van der Waals surface area contributed by atoms with Gasteiger partial charge >= 0.3 is 0 Å². The zero-order valence-corrected chi connectivity index (χ0v) is 15.6. The summed E-state index contributed by atoms with van der Waals surface area (Å²) in [6.07, 6.45) is 2.14. The largest absolute Gasteiger partial charge is 0.492 e. The van der Waals surface area contributed by atoms with Gasteiger partial charge in [0, 0.05) is 27.2 Å². The van der Waals surface area contributed by atoms with E-state index in [1.807, 2.05) is 49.3 Å². The maximum absolute atomic E-state index is 9.58. The van der Waals surface area contributed by atoms with Crippen LogP contribution in [-0.4, -0.2) is 68.5 Å². The van der Waals surface area contributed by atoms with E-state index in [0.29, 0.717) is 57.3 Å². The predicted octanol–water partition coefficient (Wildman–Crippen LogP) is 1.14. The number of para-hydroxylation sites is 1. The highest BCUT2D eigenvalue weighted by molar-refractivity contribution is 5.48. The highest BCUT2D eigenvalue weighted by atomic mass is 16.5. The minimum Gasteiger partial charge on any atom is -0.492 e. The minimum atomic E-state index is 0.314. The van der Waals surface area contributed by atoms with Gasteiger partial charge in [-0.1, -0.05) is 18.2 Å². The molecule has 0 unspecified atom stereocenters. The molecular formula is C18H23N7O2. The van der Waals surface area contributed by atoms with E-state index >= 15 is 0 Å². The van der Waals surface area contributed by atoms with Crippen LogP contribution in [0.4, 0.5) is 17.8 Å². The molecule has 1 aliphatic heterocycles. The van der Waals surface area contributed by atoms with E-state index in [4.69, 9.17) is 9.47 Å². The Labute approximate surface area is 158 Å². The van der Waals surface area contributed by atoms with Gasteiger partial charge in [-0.05, 0) is 12.1 Å². The molecule has 0 bridgehead atoms. The van der Waals surface area contributed by atoms with Crippen LogP contribution in [0.25, 0.3) is 0 Å². The van der Waals surface area contributed by atoms with Crippen LogP contribution in [0.15, 0.2) is 30.3 Å². The van der Waals surface area contributed by atoms with E-state index in [-0.39, 0.29) is 0 Å². The number of morpholine rings is 1. The summed E-state index contributed by atoms with van der Waals surface area (Å²) in [6, 6.07) is 9.48. The van der Waals surface area contributed by atoms with Gasteiger partial charge in [0.05, 0.1) is 19.8 Å². The van der Waals surface area contributed by atoms with Gasteiger partial charge in [-0.3, -0.25) is 0 Å². The van der Waals surface area contributed by atoms with Gasteiger partial charge in [-0.25, -0.2) is 4.90 Å². The molecule has 2 aromatic rings. The molecule has 142 valence electrons. The maximum atomic E-state index is 9.58. The molecule has 1 fully saturated rings. The summed E-state index contributed by atoms with van der Waals surface area (Å²) in [7, 11) is 3.72. The molecule has 1 saturated heterocycles. The van der Waals surface area contributed by atoms with E-state index in [1.165, 1.54) is 4.90 Å². The highest BCUT2D eigenvalue weighted by Gasteiger charge is 2.20. The van der Waals surface area contributed by atoms with Crippen molar-refractivity contribution in [2.75, 3.05) is 68.2 Å². The number of nitrogens with zero attached hydrogens (tertiary/aromatic N) is 7. The Balaban J connectivity index is 1.75. The third-order valence-corrected chi connectivity index (χ3v) is 3.98. The summed E-state index contributed by atoms with van der Waals surface area (Å²) in [5, 5.41) is 9.58. The molecule has 9 nitrogen and oxygen atoms in total. The molecule has 0 saturated carbocycles. The fourth-order valence-electron chi connectivity index (χ4n) is 2.54. The Bertz CT molecular complexity index is 773. The molecule has 1 aromatic carbocycles. The normalized spacial score (nSPS) is 13.7. The molecule has 0 atom stereocenters. The molecule has 2 heterocycles. The molecule has 0 radical (unpaired) electrons. The molecule has 0 amide bonds. The van der Waals surface area contributed by atoms with Gasteiger partial charge in [-0.15, -0.1) is 0 Å². The van der Waals surface area contributed by atoms with Crippen molar-refractivity contribution in [1.29, 1.82) is 5.26 Å². The van der Waals surface area contributed by atoms with Crippen LogP contribution in [0.2, 0.25) is 0 Å². The maximum Gasteiger partial charge on any atom is 0.245 e. The van der Waals surface area contributed by atoms with Crippen LogP contribution < -0.4 is 19.4 Å². The van der Waals surface area contributed by atoms with Crippen LogP contribution in [-0.2, 0) is 4.74 Å². The number of aromatic nitrogens is 3. The standard InChI is InChI=1S/C18H23N7O2/c1-23(2)16-20-17(24-8-11-26-12-9-24)22-18(21-16)25(14-19)10-13-27-15-6-4-3-5-7-15/h3-7H,8-13H2,1-2H3. The molecule has 0 aliphatic carbocycles. The van der Waals surface area contributed by atoms with Crippen molar-refractivity contribution in [3.8, 4) is 11.9 Å². The fraction of sp³-hybridized carbons (Fsp3) is 0.444. The van der Waals surface area contributed by atoms with Gasteiger partial charge in [0.25, 0.3) is 0 Å². The van der Waals surface area contributed by atoms with Crippen molar-refractivity contribution < 1.29 is 9.47 Å². The SMILES string of the molecule is CN(C)c1nc(N(C#N)CCOc2ccccc2)nc(N2CCOCC2)n1. The third-order valence-electron chi connectivity index (χ3n) is 3.98. The average Bonchev–Trinajstić information content (AvgIpc) is 2.72. The molecule has 1 aromatic heterocycles. The van der Waals surface area contributed by atoms with E-state index in [2.05, 4.69) is 21.1 Å². The second-order valence-corrected chi connectivity index (χ2v) is 6.14. The van der Waals surface area contributed by atoms with Crippen LogP contribution in [0.3, 0.4) is 0 Å². The van der Waals surface area contributed by atoms with Gasteiger partial charge in [0.15, 0.2) is 6.19 Å². The Hall–Kier alpha value is -3.12. The number of benzene rings is 1. The number of rotatable bonds is 7. The summed E-state index contributed by atoms with van der Waals surface area (Å²) < 4.78 is 11.1. The molecule has 3 rings (SSSR count). The van der Waals surface area contributed by atoms with Gasteiger partial charge in [0.1, 0.15) is 12.4 Å². The zero-order chi connectivity index (χ0) is 19.1. The van der Waals surface area contributed by atoms with Crippen molar-refractivity contribution in [1.82, 2.24) is 15.0 Å². The smallest absolute Gasteiger partial charge is 0.245 e. The van der Waals surface area contributed by atoms with Crippen molar-refractivity contribution in [2.24, 2.45) is 0 Å². The second kappa shape index (κ2) is 9.00. The first-order chi connectivity index (χ1) is 13.2. The fourth-order valence-corrected chi connectivity index (χ4v) is 2.54. The van der Waals surface area contributed by atoms with Crippen LogP contribution >= 0.6 is 0 Å². The van der Waals surface area contributed by atoms with Crippen molar-refractivity contribution in [3.05, 3.63) is 30.3 Å². The van der Waals surface area contributed by atoms with Crippen molar-refractivity contribution in [2.45, 2.75) is 0 Å². The van der Waals surface area contributed by atoms with Gasteiger partial charge in [0.2, 0.25) is 17.8 Å². The first-order valence-electron chi connectivity index (χ1n) is 8.78. The van der Waals surface area contributed by atoms with E-state index in [0.717, 1.165) is 5.75 Å². The van der Waals surface area contributed by atoms with Crippen LogP contribution in [0.1, 0.15) is 0 Å². The summed E-state index contributed by atoms with van der Waals surface area (Å²) in [6.45, 7) is 3.36. The van der Waals surface area contributed by atoms with Gasteiger partial charge < -0.3 is 19.3 Å². The Kier molecular flexibility index (Phi) is 6.22. The quantitative estimate of drug-likeness (QED) is 0.526. The third kappa shape index (κ3) is 4.95. The summed E-state index contributed by atoms with van der Waals surface area (Å²) in [4.78, 5) is 18.7. The minimum absolute atomic E-state index is 0.314. The lowest BCUT2D eigenvalue weighted by Crippen LogP contribution is -2.38. The lowest BCUT2D eigenvalue weighted by Gasteiger charge is -2.28. The number of ether oxygens (including phenoxy) is 2. The Morgan fingerprint density at radius 1 is 1.11 bits per heavy atom. The molecule has 0 N–H and O–H groups in total. The van der Waals surface area contributed by atoms with E-state index in [9.17, 15) is 5.26 Å². The average molecular weight is 369 g/mol. The highest BCUT2D eigenvalue weighted by Crippen LogP contribution is 2.19. The van der Waals surface area contributed by atoms with E-state index < -0.39 is 0 Å². The summed E-state index contributed by atoms with van der Waals surface area (Å²) in [5.41, 5.74) is 0. The summed E-state index contributed by atoms with van der Waals surface area (Å²) in [5.74, 6) is 2.13. The van der Waals surface area contributed by atoms with E-state index in [1.54, 1.807) is 4.90 Å². The molecule has 27 heavy (non-hydrogen) atoms. The van der Waals surface area contributed by atoms with Crippen LogP contribution in [0, 0.1) is 11.5 Å². The first kappa shape index (κ1) is 18.7. The Morgan fingerprint density at radius 2 is 1.81 bits per heavy atom. The second-order valence-electron chi connectivity index (χ2n) is 6.14. The molecule has 1 aliphatic rings. The molecule has 9 heteroatoms. The lowest BCUT2D eigenvalue weighted by atomic mass is 10.3. The number of hydrogen-bond donors (Lipinski definition) is 0. The van der Waals surface area contributed by atoms with Gasteiger partial charge in [-0.2, -0.15) is 20.2 Å². The zero-order valence-electron chi connectivity index (χ0n) is 15.6. The first-order valence-corrected chi connectivity index (χ1v) is 8.78. The predicted molar refractivity (Wildman–Crippen MR) is 102 cm³/mol. The topological polar surface area (TPSA) is 90.6 Å². The molecule has 0 spiro atoms. The number of nitriles is 1. The number of anilines is 3. The summed E-state index contributed by atoms with van der Waals surface area (Å²) >= 11 is 0. The number of hydrogen-bond acceptors (Lipinski definition) is 9.